The molecule has 5 heteroatoms. The Morgan fingerprint density at radius 2 is 1.82 bits per heavy atom. The Hall–Kier alpha value is -2.04. The fraction of sp³-hybridized carbons (Fsp3) is 0.529. The van der Waals surface area contributed by atoms with Crippen molar-refractivity contribution < 1.29 is 9.59 Å². The second-order valence-electron chi connectivity index (χ2n) is 5.66. The summed E-state index contributed by atoms with van der Waals surface area (Å²) < 4.78 is 0. The lowest BCUT2D eigenvalue weighted by molar-refractivity contribution is -0.120. The van der Waals surface area contributed by atoms with E-state index in [0.29, 0.717) is 6.42 Å². The van der Waals surface area contributed by atoms with E-state index in [1.807, 2.05) is 38.1 Å². The molecule has 0 radical (unpaired) electrons. The first kappa shape index (κ1) is 18.0. The number of nitrogens with one attached hydrogen (secondary N) is 3. The zero-order valence-corrected chi connectivity index (χ0v) is 13.7. The average Bonchev–Trinajstić information content (AvgIpc) is 2.45. The lowest BCUT2D eigenvalue weighted by atomic mass is 10.2. The van der Waals surface area contributed by atoms with Crippen LogP contribution in [-0.2, 0) is 9.59 Å². The number of benzene rings is 1. The van der Waals surface area contributed by atoms with Crippen LogP contribution in [0.2, 0.25) is 0 Å². The number of amides is 2. The highest BCUT2D eigenvalue weighted by Crippen LogP contribution is 2.15. The second-order valence-corrected chi connectivity index (χ2v) is 5.66. The molecule has 0 fully saturated rings. The molecule has 3 N–H and O–H groups in total. The molecule has 0 atom stereocenters. The predicted octanol–water partition coefficient (Wildman–Crippen LogP) is 3.14. The molecule has 0 aliphatic carbocycles. The molecule has 0 aromatic heterocycles. The third-order valence-corrected chi connectivity index (χ3v) is 3.06. The molecule has 5 nitrogen and oxygen atoms in total. The monoisotopic (exact) mass is 305 g/mol. The van der Waals surface area contributed by atoms with Gasteiger partial charge in [-0.1, -0.05) is 25.8 Å². The second kappa shape index (κ2) is 9.82. The van der Waals surface area contributed by atoms with Crippen molar-refractivity contribution in [2.24, 2.45) is 0 Å². The minimum atomic E-state index is -0.0518. The quantitative estimate of drug-likeness (QED) is 0.614. The first-order chi connectivity index (χ1) is 10.5. The van der Waals surface area contributed by atoms with Crippen LogP contribution in [0.4, 0.5) is 11.4 Å². The number of carbonyl (C=O) groups is 2. The van der Waals surface area contributed by atoms with Gasteiger partial charge in [-0.3, -0.25) is 9.59 Å². The number of anilines is 2. The maximum atomic E-state index is 11.8. The molecule has 0 bridgehead atoms. The summed E-state index contributed by atoms with van der Waals surface area (Å²) in [6.45, 7) is 6.17. The summed E-state index contributed by atoms with van der Waals surface area (Å²) in [5, 5.41) is 8.75. The molecule has 1 rings (SSSR count). The summed E-state index contributed by atoms with van der Waals surface area (Å²) in [6, 6.07) is 7.53. The predicted molar refractivity (Wildman–Crippen MR) is 91.0 cm³/mol. The van der Waals surface area contributed by atoms with E-state index in [2.05, 4.69) is 22.9 Å². The Kier molecular flexibility index (Phi) is 8.04. The van der Waals surface area contributed by atoms with Crippen LogP contribution in [0.1, 0.15) is 46.5 Å². The Morgan fingerprint density at radius 1 is 1.09 bits per heavy atom. The third kappa shape index (κ3) is 7.67. The van der Waals surface area contributed by atoms with E-state index in [9.17, 15) is 9.59 Å². The highest BCUT2D eigenvalue weighted by Gasteiger charge is 2.05. The van der Waals surface area contributed by atoms with Crippen molar-refractivity contribution >= 4 is 23.2 Å². The van der Waals surface area contributed by atoms with E-state index in [0.717, 1.165) is 30.6 Å². The molecular weight excluding hydrogens is 278 g/mol. The van der Waals surface area contributed by atoms with Crippen molar-refractivity contribution in [1.29, 1.82) is 0 Å². The van der Waals surface area contributed by atoms with Gasteiger partial charge in [0, 0.05) is 23.8 Å². The Balaban J connectivity index is 2.45. The smallest absolute Gasteiger partial charge is 0.239 e. The van der Waals surface area contributed by atoms with E-state index in [-0.39, 0.29) is 24.4 Å². The van der Waals surface area contributed by atoms with Crippen molar-refractivity contribution in [3.8, 4) is 0 Å². The normalized spacial score (nSPS) is 10.4. The van der Waals surface area contributed by atoms with Gasteiger partial charge in [-0.25, -0.2) is 0 Å². The molecule has 1 aromatic rings. The zero-order valence-electron chi connectivity index (χ0n) is 13.7. The Morgan fingerprint density at radius 3 is 2.50 bits per heavy atom. The molecule has 0 aliphatic rings. The van der Waals surface area contributed by atoms with Crippen LogP contribution in [0.3, 0.4) is 0 Å². The number of unbranched alkanes of at least 4 members (excludes halogenated alkanes) is 2. The molecule has 1 aromatic carbocycles. The van der Waals surface area contributed by atoms with Crippen molar-refractivity contribution in [1.82, 2.24) is 5.32 Å². The van der Waals surface area contributed by atoms with Gasteiger partial charge in [-0.05, 0) is 38.5 Å². The minimum absolute atomic E-state index is 0.0307. The van der Waals surface area contributed by atoms with Gasteiger partial charge in [-0.15, -0.1) is 0 Å². The van der Waals surface area contributed by atoms with Gasteiger partial charge in [0.1, 0.15) is 0 Å². The maximum Gasteiger partial charge on any atom is 0.239 e. The summed E-state index contributed by atoms with van der Waals surface area (Å²) >= 11 is 0. The third-order valence-electron chi connectivity index (χ3n) is 3.06. The molecule has 0 aliphatic heterocycles. The van der Waals surface area contributed by atoms with E-state index in [1.54, 1.807) is 0 Å². The number of hydrogen-bond donors (Lipinski definition) is 3. The van der Waals surface area contributed by atoms with Crippen molar-refractivity contribution in [2.45, 2.75) is 52.5 Å². The molecule has 0 saturated carbocycles. The van der Waals surface area contributed by atoms with Crippen molar-refractivity contribution in [3.05, 3.63) is 24.3 Å². The first-order valence-electron chi connectivity index (χ1n) is 7.94. The molecule has 0 spiro atoms. The summed E-state index contributed by atoms with van der Waals surface area (Å²) in [5.41, 5.74) is 1.56. The molecule has 0 heterocycles. The van der Waals surface area contributed by atoms with E-state index < -0.39 is 0 Å². The van der Waals surface area contributed by atoms with E-state index in [1.165, 1.54) is 0 Å². The molecule has 2 amide bonds. The van der Waals surface area contributed by atoms with Gasteiger partial charge < -0.3 is 16.0 Å². The highest BCUT2D eigenvalue weighted by molar-refractivity contribution is 5.91. The summed E-state index contributed by atoms with van der Waals surface area (Å²) in [5.74, 6) is -0.0212. The number of carbonyl (C=O) groups excluding carboxylic acids is 2. The zero-order chi connectivity index (χ0) is 16.4. The molecule has 0 saturated heterocycles. The largest absolute Gasteiger partial charge is 0.376 e. The van der Waals surface area contributed by atoms with Crippen LogP contribution in [-0.4, -0.2) is 24.4 Å². The fourth-order valence-electron chi connectivity index (χ4n) is 2.02. The SMILES string of the molecule is CCCCCC(=O)Nc1cccc(NCC(=O)NC(C)C)c1. The first-order valence-corrected chi connectivity index (χ1v) is 7.94. The van der Waals surface area contributed by atoms with Crippen LogP contribution >= 0.6 is 0 Å². The topological polar surface area (TPSA) is 70.2 Å². The van der Waals surface area contributed by atoms with Gasteiger partial charge in [0.05, 0.1) is 6.54 Å². The van der Waals surface area contributed by atoms with Crippen molar-refractivity contribution in [3.63, 3.8) is 0 Å². The lowest BCUT2D eigenvalue weighted by Gasteiger charge is -2.11. The number of rotatable bonds is 9. The summed E-state index contributed by atoms with van der Waals surface area (Å²) in [6.07, 6.45) is 3.63. The van der Waals surface area contributed by atoms with Gasteiger partial charge >= 0.3 is 0 Å². The standard InChI is InChI=1S/C17H27N3O2/c1-4-5-6-10-16(21)20-15-9-7-8-14(11-15)18-12-17(22)19-13(2)3/h7-9,11,13,18H,4-6,10,12H2,1-3H3,(H,19,22)(H,20,21). The van der Waals surface area contributed by atoms with Crippen LogP contribution in [0, 0.1) is 0 Å². The summed E-state index contributed by atoms with van der Waals surface area (Å²) in [4.78, 5) is 23.4. The average molecular weight is 305 g/mol. The van der Waals surface area contributed by atoms with Gasteiger partial charge in [0.15, 0.2) is 0 Å². The number of hydrogen-bond acceptors (Lipinski definition) is 3. The van der Waals surface area contributed by atoms with Gasteiger partial charge in [0.2, 0.25) is 11.8 Å². The van der Waals surface area contributed by atoms with Gasteiger partial charge in [-0.2, -0.15) is 0 Å². The minimum Gasteiger partial charge on any atom is -0.376 e. The molecule has 0 unspecified atom stereocenters. The Bertz CT molecular complexity index is 487. The lowest BCUT2D eigenvalue weighted by Crippen LogP contribution is -2.34. The highest BCUT2D eigenvalue weighted by atomic mass is 16.2. The van der Waals surface area contributed by atoms with Crippen molar-refractivity contribution in [2.75, 3.05) is 17.2 Å². The molecule has 22 heavy (non-hydrogen) atoms. The van der Waals surface area contributed by atoms with Crippen LogP contribution in [0.15, 0.2) is 24.3 Å². The molecular formula is C17H27N3O2. The van der Waals surface area contributed by atoms with Crippen LogP contribution in [0.5, 0.6) is 0 Å². The fourth-order valence-corrected chi connectivity index (χ4v) is 2.02. The molecule has 122 valence electrons. The van der Waals surface area contributed by atoms with E-state index in [4.69, 9.17) is 0 Å². The Labute approximate surface area is 132 Å². The summed E-state index contributed by atoms with van der Waals surface area (Å²) in [7, 11) is 0. The van der Waals surface area contributed by atoms with Crippen LogP contribution < -0.4 is 16.0 Å². The van der Waals surface area contributed by atoms with E-state index >= 15 is 0 Å². The van der Waals surface area contributed by atoms with Crippen LogP contribution in [0.25, 0.3) is 0 Å². The van der Waals surface area contributed by atoms with Gasteiger partial charge in [0.25, 0.3) is 0 Å². The maximum absolute atomic E-state index is 11.8.